The highest BCUT2D eigenvalue weighted by atomic mass is 31.0. The Bertz CT molecular complexity index is 71.6. The summed E-state index contributed by atoms with van der Waals surface area (Å²) in [5.41, 5.74) is 2.39. The summed E-state index contributed by atoms with van der Waals surface area (Å²) in [6, 6.07) is 0.336. The molecule has 0 saturated heterocycles. The van der Waals surface area contributed by atoms with Crippen LogP contribution in [0.4, 0.5) is 0 Å². The summed E-state index contributed by atoms with van der Waals surface area (Å²) in [5, 5.41) is 0. The zero-order valence-electron chi connectivity index (χ0n) is 3.97. The van der Waals surface area contributed by atoms with Crippen molar-refractivity contribution in [3.05, 3.63) is 0 Å². The minimum Gasteiger partial charge on any atom is -0.649 e. The molecule has 0 unspecified atom stereocenters. The van der Waals surface area contributed by atoms with Crippen LogP contribution in [0.1, 0.15) is 13.8 Å². The van der Waals surface area contributed by atoms with Gasteiger partial charge in [0, 0.05) is 0 Å². The van der Waals surface area contributed by atoms with Crippen molar-refractivity contribution < 1.29 is 0 Å². The maximum absolute atomic E-state index is 3.74. The Hall–Kier alpha value is -0.120. The number of aliphatic imine (C=N–C) groups is 1. The standard InChI is InChI=1S/C4H7NP/c1-4(2)5-3-6/h4H,1-2H3/q-1. The van der Waals surface area contributed by atoms with Crippen molar-refractivity contribution in [1.29, 1.82) is 0 Å². The van der Waals surface area contributed by atoms with Crippen molar-refractivity contribution in [2.24, 2.45) is 4.99 Å². The maximum Gasteiger partial charge on any atom is 0.0504 e. The van der Waals surface area contributed by atoms with Crippen molar-refractivity contribution in [2.75, 3.05) is 0 Å². The topological polar surface area (TPSA) is 12.4 Å². The van der Waals surface area contributed by atoms with E-state index in [1.165, 1.54) is 0 Å². The summed E-state index contributed by atoms with van der Waals surface area (Å²) >= 11 is 0. The van der Waals surface area contributed by atoms with Gasteiger partial charge in [0.05, 0.1) is 6.04 Å². The molecule has 0 spiro atoms. The molecule has 0 aliphatic carbocycles. The van der Waals surface area contributed by atoms with Crippen LogP contribution < -0.4 is 0 Å². The van der Waals surface area contributed by atoms with E-state index in [-0.39, 0.29) is 0 Å². The first-order valence-electron chi connectivity index (χ1n) is 1.86. The van der Waals surface area contributed by atoms with E-state index in [1.807, 2.05) is 13.8 Å². The minimum atomic E-state index is 0.336. The lowest BCUT2D eigenvalue weighted by Gasteiger charge is -1.88. The maximum atomic E-state index is 3.74. The highest BCUT2D eigenvalue weighted by molar-refractivity contribution is 7.16. The lowest BCUT2D eigenvalue weighted by Crippen LogP contribution is -1.83. The second-order valence-electron chi connectivity index (χ2n) is 1.32. The molecule has 0 atom stereocenters. The van der Waals surface area contributed by atoms with Crippen molar-refractivity contribution >= 4 is 14.5 Å². The highest BCUT2D eigenvalue weighted by Gasteiger charge is 1.75. The third-order valence-corrected chi connectivity index (χ3v) is 0.431. The summed E-state index contributed by atoms with van der Waals surface area (Å²) in [6.07, 6.45) is 0. The van der Waals surface area contributed by atoms with E-state index >= 15 is 0 Å². The molecule has 0 aromatic rings. The molecular formula is C4H7NP-. The van der Waals surface area contributed by atoms with E-state index in [4.69, 9.17) is 0 Å². The average Bonchev–Trinajstić information content (AvgIpc) is 1.35. The third-order valence-electron chi connectivity index (χ3n) is 0.316. The van der Waals surface area contributed by atoms with Crippen LogP contribution in [0.25, 0.3) is 0 Å². The Kier molecular flexibility index (Phi) is 3.02. The Morgan fingerprint density at radius 3 is 2.17 bits per heavy atom. The first-order valence-corrected chi connectivity index (χ1v) is 2.31. The number of hydrogen-bond acceptors (Lipinski definition) is 1. The molecule has 0 amide bonds. The van der Waals surface area contributed by atoms with E-state index in [0.717, 1.165) is 0 Å². The van der Waals surface area contributed by atoms with E-state index in [0.29, 0.717) is 6.04 Å². The molecule has 0 saturated carbocycles. The van der Waals surface area contributed by atoms with Crippen LogP contribution in [-0.4, -0.2) is 11.6 Å². The van der Waals surface area contributed by atoms with Gasteiger partial charge >= 0.3 is 0 Å². The summed E-state index contributed by atoms with van der Waals surface area (Å²) in [4.78, 5) is 3.74. The largest absolute Gasteiger partial charge is 0.649 e. The van der Waals surface area contributed by atoms with E-state index in [9.17, 15) is 0 Å². The molecule has 0 aromatic heterocycles. The van der Waals surface area contributed by atoms with Gasteiger partial charge in [0.2, 0.25) is 0 Å². The molecule has 0 bridgehead atoms. The minimum absolute atomic E-state index is 0.336. The van der Waals surface area contributed by atoms with Gasteiger partial charge in [-0.1, -0.05) is 0 Å². The van der Waals surface area contributed by atoms with Gasteiger partial charge in [0.25, 0.3) is 0 Å². The summed E-state index contributed by atoms with van der Waals surface area (Å²) < 4.78 is 0. The lowest BCUT2D eigenvalue weighted by molar-refractivity contribution is 0.844. The van der Waals surface area contributed by atoms with Gasteiger partial charge in [0.15, 0.2) is 0 Å². The second-order valence-corrected chi connectivity index (χ2v) is 1.52. The van der Waals surface area contributed by atoms with Gasteiger partial charge in [-0.2, -0.15) is 0 Å². The fourth-order valence-electron chi connectivity index (χ4n) is 0.115. The van der Waals surface area contributed by atoms with Crippen LogP contribution in [0.5, 0.6) is 0 Å². The molecule has 1 nitrogen and oxygen atoms in total. The van der Waals surface area contributed by atoms with Crippen LogP contribution in [-0.2, 0) is 0 Å². The molecule has 34 valence electrons. The predicted molar refractivity (Wildman–Crippen MR) is 29.5 cm³/mol. The molecular weight excluding hydrogens is 93.0 g/mol. The molecule has 0 aromatic carbocycles. The van der Waals surface area contributed by atoms with Crippen molar-refractivity contribution in [1.82, 2.24) is 0 Å². The number of rotatable bonds is 1. The van der Waals surface area contributed by atoms with Crippen LogP contribution in [0.15, 0.2) is 4.99 Å². The molecule has 0 heterocycles. The molecule has 0 rings (SSSR count). The van der Waals surface area contributed by atoms with E-state index in [2.05, 4.69) is 19.4 Å². The highest BCUT2D eigenvalue weighted by Crippen LogP contribution is 1.79. The van der Waals surface area contributed by atoms with E-state index < -0.39 is 0 Å². The van der Waals surface area contributed by atoms with Crippen molar-refractivity contribution in [2.45, 2.75) is 19.9 Å². The van der Waals surface area contributed by atoms with Crippen molar-refractivity contribution in [3.63, 3.8) is 0 Å². The molecule has 2 heteroatoms. The number of nitrogens with zero attached hydrogens (tertiary/aromatic N) is 1. The zero-order valence-corrected chi connectivity index (χ0v) is 4.87. The van der Waals surface area contributed by atoms with Gasteiger partial charge in [-0.3, -0.25) is 4.99 Å². The fourth-order valence-corrected chi connectivity index (χ4v) is 0.346. The first-order chi connectivity index (χ1) is 2.77. The molecule has 0 aliphatic rings. The van der Waals surface area contributed by atoms with E-state index in [1.54, 1.807) is 0 Å². The van der Waals surface area contributed by atoms with Gasteiger partial charge < -0.3 is 8.86 Å². The van der Waals surface area contributed by atoms with Gasteiger partial charge in [0.1, 0.15) is 0 Å². The smallest absolute Gasteiger partial charge is 0.0504 e. The Morgan fingerprint density at radius 1 is 1.67 bits per heavy atom. The van der Waals surface area contributed by atoms with Gasteiger partial charge in [-0.25, -0.2) is 5.59 Å². The Morgan fingerprint density at radius 2 is 2.17 bits per heavy atom. The van der Waals surface area contributed by atoms with Gasteiger partial charge in [-0.05, 0) is 13.8 Å². The van der Waals surface area contributed by atoms with Crippen LogP contribution >= 0.6 is 8.86 Å². The third kappa shape index (κ3) is 3.88. The quantitative estimate of drug-likeness (QED) is 0.351. The van der Waals surface area contributed by atoms with Crippen LogP contribution in [0.3, 0.4) is 0 Å². The normalized spacial score (nSPS) is 7.83. The second kappa shape index (κ2) is 3.08. The lowest BCUT2D eigenvalue weighted by atomic mass is 10.4. The molecule has 0 aliphatic heterocycles. The van der Waals surface area contributed by atoms with Gasteiger partial charge in [-0.15, -0.1) is 0 Å². The monoisotopic (exact) mass is 100 g/mol. The van der Waals surface area contributed by atoms with Crippen molar-refractivity contribution in [3.8, 4) is 0 Å². The molecule has 0 N–H and O–H groups in total. The first kappa shape index (κ1) is 5.88. The summed E-state index contributed by atoms with van der Waals surface area (Å²) in [7, 11) is 3.64. The average molecular weight is 100 g/mol. The SMILES string of the molecule is CC(C)N=C=[P-]. The fraction of sp³-hybridized carbons (Fsp3) is 0.750. The molecule has 6 heavy (non-hydrogen) atoms. The molecule has 0 radical (unpaired) electrons. The Labute approximate surface area is 40.3 Å². The van der Waals surface area contributed by atoms with Crippen LogP contribution in [0.2, 0.25) is 0 Å². The predicted octanol–water partition coefficient (Wildman–Crippen LogP) is 1.71. The summed E-state index contributed by atoms with van der Waals surface area (Å²) in [5.74, 6) is 0. The van der Waals surface area contributed by atoms with Crippen LogP contribution in [0, 0.1) is 0 Å². The number of hydrogen-bond donors (Lipinski definition) is 0. The summed E-state index contributed by atoms with van der Waals surface area (Å²) in [6.45, 7) is 3.95. The zero-order chi connectivity index (χ0) is 4.99. The molecule has 0 fully saturated rings. The Balaban J connectivity index is 3.29.